The summed E-state index contributed by atoms with van der Waals surface area (Å²) in [6.45, 7) is 0.137. The number of nitrogens with zero attached hydrogens (tertiary/aromatic N) is 2. The van der Waals surface area contributed by atoms with Crippen LogP contribution in [0.3, 0.4) is 0 Å². The molecule has 3 aromatic rings. The van der Waals surface area contributed by atoms with Gasteiger partial charge < -0.3 is 10.1 Å². The number of hydrogen-bond acceptors (Lipinski definition) is 6. The van der Waals surface area contributed by atoms with Crippen molar-refractivity contribution in [2.45, 2.75) is 6.42 Å². The van der Waals surface area contributed by atoms with Gasteiger partial charge in [-0.2, -0.15) is 0 Å². The average molecular weight is 348 g/mol. The number of nitrogens with one attached hydrogen (secondary N) is 2. The largest absolute Gasteiger partial charge is 0.493 e. The fourth-order valence-electron chi connectivity index (χ4n) is 2.37. The molecule has 1 heterocycles. The van der Waals surface area contributed by atoms with Gasteiger partial charge in [-0.1, -0.05) is 12.0 Å². The van der Waals surface area contributed by atoms with Gasteiger partial charge in [0.05, 0.1) is 18.5 Å². The summed E-state index contributed by atoms with van der Waals surface area (Å²) >= 11 is 0. The standard InChI is InChI=1S/C19H16N4O3/c1-2-13-4-3-5-14(10-13)22-19-16-11-15(26-9-8-18(24)23-25)6-7-17(16)20-12-21-19/h1,3-7,10-12,25H,8-9H2,(H,23,24)(H,20,21,22). The number of terminal acetylenes is 1. The van der Waals surface area contributed by atoms with E-state index in [1.807, 2.05) is 30.3 Å². The molecule has 3 N–H and O–H groups in total. The number of carbonyl (C=O) groups is 1. The van der Waals surface area contributed by atoms with Crippen LogP contribution in [0.5, 0.6) is 5.75 Å². The molecule has 26 heavy (non-hydrogen) atoms. The lowest BCUT2D eigenvalue weighted by Crippen LogP contribution is -2.20. The third-order valence-corrected chi connectivity index (χ3v) is 3.62. The second kappa shape index (κ2) is 7.96. The molecule has 0 aliphatic heterocycles. The monoisotopic (exact) mass is 348 g/mol. The normalized spacial score (nSPS) is 10.2. The van der Waals surface area contributed by atoms with Gasteiger partial charge in [0, 0.05) is 16.6 Å². The van der Waals surface area contributed by atoms with Crippen molar-refractivity contribution < 1.29 is 14.7 Å². The van der Waals surface area contributed by atoms with Crippen LogP contribution in [0, 0.1) is 12.3 Å². The summed E-state index contributed by atoms with van der Waals surface area (Å²) < 4.78 is 5.55. The highest BCUT2D eigenvalue weighted by atomic mass is 16.5. The summed E-state index contributed by atoms with van der Waals surface area (Å²) in [5.41, 5.74) is 3.88. The van der Waals surface area contributed by atoms with Crippen LogP contribution < -0.4 is 15.5 Å². The molecular formula is C19H16N4O3. The zero-order valence-corrected chi connectivity index (χ0v) is 13.8. The zero-order valence-electron chi connectivity index (χ0n) is 13.8. The Morgan fingerprint density at radius 3 is 2.92 bits per heavy atom. The molecule has 2 aromatic carbocycles. The van der Waals surface area contributed by atoms with Gasteiger partial charge in [0.2, 0.25) is 5.91 Å². The molecule has 130 valence electrons. The second-order valence-corrected chi connectivity index (χ2v) is 5.38. The maximum atomic E-state index is 11.0. The Hall–Kier alpha value is -3.63. The number of ether oxygens (including phenoxy) is 1. The first kappa shape index (κ1) is 17.2. The van der Waals surface area contributed by atoms with Crippen molar-refractivity contribution in [2.24, 2.45) is 0 Å². The third-order valence-electron chi connectivity index (χ3n) is 3.62. The predicted molar refractivity (Wildman–Crippen MR) is 97.2 cm³/mol. The van der Waals surface area contributed by atoms with Gasteiger partial charge in [0.15, 0.2) is 0 Å². The molecule has 0 unspecified atom stereocenters. The second-order valence-electron chi connectivity index (χ2n) is 5.38. The molecule has 0 saturated heterocycles. The minimum Gasteiger partial charge on any atom is -0.493 e. The van der Waals surface area contributed by atoms with Crippen molar-refractivity contribution in [2.75, 3.05) is 11.9 Å². The number of rotatable bonds is 6. The van der Waals surface area contributed by atoms with Crippen LogP contribution in [0.2, 0.25) is 0 Å². The van der Waals surface area contributed by atoms with Crippen molar-refractivity contribution in [1.29, 1.82) is 0 Å². The van der Waals surface area contributed by atoms with Gasteiger partial charge in [-0.15, -0.1) is 6.42 Å². The Morgan fingerprint density at radius 2 is 2.12 bits per heavy atom. The Bertz CT molecular complexity index is 982. The van der Waals surface area contributed by atoms with E-state index in [1.165, 1.54) is 6.33 Å². The first-order valence-electron chi connectivity index (χ1n) is 7.84. The smallest absolute Gasteiger partial charge is 0.246 e. The Morgan fingerprint density at radius 1 is 1.23 bits per heavy atom. The zero-order chi connectivity index (χ0) is 18.4. The van der Waals surface area contributed by atoms with Gasteiger partial charge in [-0.05, 0) is 36.4 Å². The lowest BCUT2D eigenvalue weighted by atomic mass is 10.2. The molecule has 1 aromatic heterocycles. The highest BCUT2D eigenvalue weighted by molar-refractivity contribution is 5.91. The lowest BCUT2D eigenvalue weighted by molar-refractivity contribution is -0.129. The molecule has 0 atom stereocenters. The fraction of sp³-hybridized carbons (Fsp3) is 0.105. The molecule has 0 spiro atoms. The number of benzene rings is 2. The maximum Gasteiger partial charge on any atom is 0.246 e. The van der Waals surface area contributed by atoms with E-state index in [-0.39, 0.29) is 13.0 Å². The number of hydroxylamine groups is 1. The number of anilines is 2. The summed E-state index contributed by atoms with van der Waals surface area (Å²) in [7, 11) is 0. The summed E-state index contributed by atoms with van der Waals surface area (Å²) in [5, 5.41) is 12.5. The number of amides is 1. The molecule has 0 fully saturated rings. The van der Waals surface area contributed by atoms with Crippen molar-refractivity contribution >= 4 is 28.3 Å². The third kappa shape index (κ3) is 4.06. The highest BCUT2D eigenvalue weighted by Crippen LogP contribution is 2.27. The van der Waals surface area contributed by atoms with Crippen LogP contribution in [0.15, 0.2) is 48.8 Å². The molecule has 0 aliphatic rings. The summed E-state index contributed by atoms with van der Waals surface area (Å²) in [4.78, 5) is 19.6. The van der Waals surface area contributed by atoms with E-state index < -0.39 is 5.91 Å². The van der Waals surface area contributed by atoms with Crippen molar-refractivity contribution in [1.82, 2.24) is 15.4 Å². The molecule has 0 saturated carbocycles. The first-order chi connectivity index (χ1) is 12.7. The van der Waals surface area contributed by atoms with E-state index in [2.05, 4.69) is 21.2 Å². The van der Waals surface area contributed by atoms with Crippen LogP contribution in [0.25, 0.3) is 10.9 Å². The predicted octanol–water partition coefficient (Wildman–Crippen LogP) is 2.63. The Kier molecular flexibility index (Phi) is 5.27. The fourth-order valence-corrected chi connectivity index (χ4v) is 2.37. The topological polar surface area (TPSA) is 96.4 Å². The van der Waals surface area contributed by atoms with Gasteiger partial charge in [-0.3, -0.25) is 10.0 Å². The minimum absolute atomic E-state index is 0.0455. The van der Waals surface area contributed by atoms with E-state index in [0.717, 1.165) is 22.2 Å². The van der Waals surface area contributed by atoms with Gasteiger partial charge in [-0.25, -0.2) is 15.4 Å². The minimum atomic E-state index is -0.509. The molecule has 0 radical (unpaired) electrons. The van der Waals surface area contributed by atoms with Gasteiger partial charge in [0.1, 0.15) is 17.9 Å². The molecule has 3 rings (SSSR count). The summed E-state index contributed by atoms with van der Waals surface area (Å²) in [5.74, 6) is 3.27. The summed E-state index contributed by atoms with van der Waals surface area (Å²) in [6.07, 6.45) is 6.96. The molecule has 7 nitrogen and oxygen atoms in total. The number of fused-ring (bicyclic) bond motifs is 1. The molecule has 0 bridgehead atoms. The van der Waals surface area contributed by atoms with Crippen molar-refractivity contribution in [3.8, 4) is 18.1 Å². The van der Waals surface area contributed by atoms with E-state index >= 15 is 0 Å². The maximum absolute atomic E-state index is 11.0. The van der Waals surface area contributed by atoms with Crippen LogP contribution in [-0.4, -0.2) is 27.7 Å². The Labute approximate surface area is 150 Å². The number of aromatic nitrogens is 2. The summed E-state index contributed by atoms with van der Waals surface area (Å²) in [6, 6.07) is 12.8. The van der Waals surface area contributed by atoms with Crippen LogP contribution in [-0.2, 0) is 4.79 Å². The van der Waals surface area contributed by atoms with E-state index in [1.54, 1.807) is 17.6 Å². The molecule has 1 amide bonds. The SMILES string of the molecule is C#Cc1cccc(Nc2ncnc3ccc(OCCC(=O)NO)cc23)c1. The average Bonchev–Trinajstić information content (AvgIpc) is 2.68. The van der Waals surface area contributed by atoms with Crippen LogP contribution >= 0.6 is 0 Å². The molecular weight excluding hydrogens is 332 g/mol. The first-order valence-corrected chi connectivity index (χ1v) is 7.84. The van der Waals surface area contributed by atoms with Gasteiger partial charge >= 0.3 is 0 Å². The lowest BCUT2D eigenvalue weighted by Gasteiger charge is -2.11. The molecule has 0 aliphatic carbocycles. The van der Waals surface area contributed by atoms with E-state index in [4.69, 9.17) is 16.4 Å². The Balaban J connectivity index is 1.84. The highest BCUT2D eigenvalue weighted by Gasteiger charge is 2.07. The van der Waals surface area contributed by atoms with Crippen molar-refractivity contribution in [3.63, 3.8) is 0 Å². The molecule has 7 heteroatoms. The number of carbonyl (C=O) groups excluding carboxylic acids is 1. The van der Waals surface area contributed by atoms with E-state index in [9.17, 15) is 4.79 Å². The number of hydrogen-bond donors (Lipinski definition) is 3. The van der Waals surface area contributed by atoms with E-state index in [0.29, 0.717) is 11.6 Å². The quantitative estimate of drug-likeness (QED) is 0.360. The van der Waals surface area contributed by atoms with Crippen molar-refractivity contribution in [3.05, 3.63) is 54.4 Å². The van der Waals surface area contributed by atoms with Crippen LogP contribution in [0.1, 0.15) is 12.0 Å². The van der Waals surface area contributed by atoms with Gasteiger partial charge in [0.25, 0.3) is 0 Å². The van der Waals surface area contributed by atoms with Crippen LogP contribution in [0.4, 0.5) is 11.5 Å².